The highest BCUT2D eigenvalue weighted by Crippen LogP contribution is 2.50. The van der Waals surface area contributed by atoms with Crippen molar-refractivity contribution >= 4 is 11.9 Å². The highest BCUT2D eigenvalue weighted by atomic mass is 16.7. The zero-order chi connectivity index (χ0) is 18.7. The average molecular weight is 371 g/mol. The number of hydrogen-bond acceptors (Lipinski definition) is 7. The topological polar surface area (TPSA) is 74.3 Å². The summed E-state index contributed by atoms with van der Waals surface area (Å²) < 4.78 is 22.4. The zero-order valence-corrected chi connectivity index (χ0v) is 15.3. The molecule has 4 aliphatic rings. The van der Waals surface area contributed by atoms with Crippen molar-refractivity contribution in [3.05, 3.63) is 34.9 Å². The van der Waals surface area contributed by atoms with Crippen LogP contribution in [0.2, 0.25) is 0 Å². The lowest BCUT2D eigenvalue weighted by molar-refractivity contribution is -0.165. The van der Waals surface area contributed by atoms with Gasteiger partial charge in [0.1, 0.15) is 0 Å². The molecule has 0 saturated carbocycles. The van der Waals surface area contributed by atoms with Crippen molar-refractivity contribution in [1.29, 1.82) is 0 Å². The Morgan fingerprint density at radius 3 is 2.59 bits per heavy atom. The summed E-state index contributed by atoms with van der Waals surface area (Å²) in [6.07, 6.45) is 1.75. The van der Waals surface area contributed by atoms with E-state index < -0.39 is 12.2 Å². The molecule has 27 heavy (non-hydrogen) atoms. The van der Waals surface area contributed by atoms with Gasteiger partial charge < -0.3 is 18.9 Å². The lowest BCUT2D eigenvalue weighted by Gasteiger charge is -2.46. The molecule has 0 N–H and O–H groups in total. The summed E-state index contributed by atoms with van der Waals surface area (Å²) in [6.45, 7) is 4.73. The third kappa shape index (κ3) is 2.60. The molecule has 3 heterocycles. The molecule has 1 aliphatic carbocycles. The van der Waals surface area contributed by atoms with Crippen LogP contribution in [-0.4, -0.2) is 48.4 Å². The summed E-state index contributed by atoms with van der Waals surface area (Å²) >= 11 is 0. The van der Waals surface area contributed by atoms with Crippen LogP contribution < -0.4 is 9.47 Å². The minimum atomic E-state index is -0.584. The van der Waals surface area contributed by atoms with Crippen LogP contribution in [0.1, 0.15) is 37.3 Å². The standard InChI is InChI=1S/C20H21NO6/c1-10(22)26-17-5-12-3-4-21-8-13-6-15-16(25-9-24-15)7-14(13)18(19(12)21)20(17)27-11(2)23/h5-7,17-20H,3-4,8-9H2,1-2H3/t17-,18+,19+,20+/m1/s1. The predicted molar refractivity (Wildman–Crippen MR) is 93.3 cm³/mol. The van der Waals surface area contributed by atoms with Crippen LogP contribution in [0.4, 0.5) is 0 Å². The fourth-order valence-corrected chi connectivity index (χ4v) is 4.94. The Morgan fingerprint density at radius 2 is 1.85 bits per heavy atom. The quantitative estimate of drug-likeness (QED) is 0.580. The number of carbonyl (C=O) groups is 2. The molecule has 0 bridgehead atoms. The fourth-order valence-electron chi connectivity index (χ4n) is 4.94. The molecule has 0 unspecified atom stereocenters. The van der Waals surface area contributed by atoms with E-state index in [9.17, 15) is 9.59 Å². The van der Waals surface area contributed by atoms with Crippen molar-refractivity contribution in [2.45, 2.75) is 51.0 Å². The first-order valence-electron chi connectivity index (χ1n) is 9.23. The summed E-state index contributed by atoms with van der Waals surface area (Å²) in [4.78, 5) is 25.9. The minimum Gasteiger partial charge on any atom is -0.458 e. The molecular weight excluding hydrogens is 350 g/mol. The third-order valence-electron chi connectivity index (χ3n) is 5.83. The molecule has 4 atom stereocenters. The Balaban J connectivity index is 1.65. The third-order valence-corrected chi connectivity index (χ3v) is 5.83. The zero-order valence-electron chi connectivity index (χ0n) is 15.3. The van der Waals surface area contributed by atoms with Crippen molar-refractivity contribution in [2.24, 2.45) is 0 Å². The van der Waals surface area contributed by atoms with Crippen LogP contribution in [0.5, 0.6) is 11.5 Å². The van der Waals surface area contributed by atoms with Crippen LogP contribution >= 0.6 is 0 Å². The summed E-state index contributed by atoms with van der Waals surface area (Å²) in [6, 6.07) is 4.17. The fraction of sp³-hybridized carbons (Fsp3) is 0.500. The summed E-state index contributed by atoms with van der Waals surface area (Å²) in [5.74, 6) is 0.579. The van der Waals surface area contributed by atoms with E-state index in [0.717, 1.165) is 36.4 Å². The lowest BCUT2D eigenvalue weighted by Crippen LogP contribution is -2.52. The number of ether oxygens (including phenoxy) is 4. The van der Waals surface area contributed by atoms with Gasteiger partial charge in [0.15, 0.2) is 23.7 Å². The highest BCUT2D eigenvalue weighted by molar-refractivity contribution is 5.68. The van der Waals surface area contributed by atoms with Gasteiger partial charge in [0.25, 0.3) is 0 Å². The number of carbonyl (C=O) groups excluding carboxylic acids is 2. The van der Waals surface area contributed by atoms with E-state index in [-0.39, 0.29) is 30.7 Å². The summed E-state index contributed by atoms with van der Waals surface area (Å²) in [5.41, 5.74) is 3.47. The van der Waals surface area contributed by atoms with Gasteiger partial charge in [0, 0.05) is 38.9 Å². The van der Waals surface area contributed by atoms with Crippen molar-refractivity contribution in [3.63, 3.8) is 0 Å². The molecule has 0 amide bonds. The first-order valence-corrected chi connectivity index (χ1v) is 9.23. The van der Waals surface area contributed by atoms with Crippen LogP contribution in [0, 0.1) is 0 Å². The smallest absolute Gasteiger partial charge is 0.303 e. The van der Waals surface area contributed by atoms with Gasteiger partial charge in [-0.05, 0) is 35.8 Å². The van der Waals surface area contributed by atoms with Crippen molar-refractivity contribution in [3.8, 4) is 11.5 Å². The monoisotopic (exact) mass is 371 g/mol. The van der Waals surface area contributed by atoms with Crippen LogP contribution in [0.3, 0.4) is 0 Å². The molecule has 1 fully saturated rings. The Hall–Kier alpha value is -2.54. The van der Waals surface area contributed by atoms with Crippen LogP contribution in [-0.2, 0) is 25.6 Å². The Kier molecular flexibility index (Phi) is 3.69. The normalized spacial score (nSPS) is 30.2. The van der Waals surface area contributed by atoms with E-state index in [1.165, 1.54) is 19.4 Å². The minimum absolute atomic E-state index is 0.112. The number of nitrogens with zero attached hydrogens (tertiary/aromatic N) is 1. The van der Waals surface area contributed by atoms with Gasteiger partial charge in [-0.15, -0.1) is 0 Å². The van der Waals surface area contributed by atoms with Gasteiger partial charge in [-0.25, -0.2) is 0 Å². The van der Waals surface area contributed by atoms with Crippen LogP contribution in [0.25, 0.3) is 0 Å². The average Bonchev–Trinajstić information content (AvgIpc) is 3.21. The molecule has 7 heteroatoms. The molecule has 142 valence electrons. The predicted octanol–water partition coefficient (Wildman–Crippen LogP) is 1.89. The number of rotatable bonds is 2. The SMILES string of the molecule is CC(=O)O[C@@H]1[C@H]2c3cc4c(cc3CN3CCC(=C[C@H]1OC(C)=O)[C@@H]23)OCO4. The second-order valence-corrected chi connectivity index (χ2v) is 7.49. The van der Waals surface area contributed by atoms with Crippen molar-refractivity contribution in [1.82, 2.24) is 4.90 Å². The summed E-state index contributed by atoms with van der Waals surface area (Å²) in [5, 5.41) is 0. The van der Waals surface area contributed by atoms with Gasteiger partial charge in [-0.3, -0.25) is 14.5 Å². The Labute approximate surface area is 156 Å². The van der Waals surface area contributed by atoms with E-state index in [1.54, 1.807) is 0 Å². The van der Waals surface area contributed by atoms with E-state index in [2.05, 4.69) is 4.90 Å². The number of fused-ring (bicyclic) bond motifs is 3. The van der Waals surface area contributed by atoms with Gasteiger partial charge in [-0.1, -0.05) is 5.57 Å². The number of hydrogen-bond donors (Lipinski definition) is 0. The molecular formula is C20H21NO6. The van der Waals surface area contributed by atoms with E-state index >= 15 is 0 Å². The summed E-state index contributed by atoms with van der Waals surface area (Å²) in [7, 11) is 0. The molecule has 1 saturated heterocycles. The molecule has 0 radical (unpaired) electrons. The van der Waals surface area contributed by atoms with Crippen LogP contribution in [0.15, 0.2) is 23.8 Å². The van der Waals surface area contributed by atoms with Gasteiger partial charge in [0.05, 0.1) is 0 Å². The lowest BCUT2D eigenvalue weighted by atomic mass is 9.73. The second-order valence-electron chi connectivity index (χ2n) is 7.49. The van der Waals surface area contributed by atoms with Gasteiger partial charge >= 0.3 is 11.9 Å². The highest BCUT2D eigenvalue weighted by Gasteiger charge is 2.52. The van der Waals surface area contributed by atoms with Gasteiger partial charge in [-0.2, -0.15) is 0 Å². The molecule has 3 aliphatic heterocycles. The first kappa shape index (κ1) is 16.6. The van der Waals surface area contributed by atoms with Crippen molar-refractivity contribution < 1.29 is 28.5 Å². The largest absolute Gasteiger partial charge is 0.458 e. The Bertz CT molecular complexity index is 862. The molecule has 0 spiro atoms. The van der Waals surface area contributed by atoms with Gasteiger partial charge in [0.2, 0.25) is 6.79 Å². The van der Waals surface area contributed by atoms with E-state index in [1.807, 2.05) is 18.2 Å². The van der Waals surface area contributed by atoms with E-state index in [4.69, 9.17) is 18.9 Å². The number of benzene rings is 1. The first-order chi connectivity index (χ1) is 13.0. The Morgan fingerprint density at radius 1 is 1.11 bits per heavy atom. The maximum atomic E-state index is 11.9. The molecule has 1 aromatic rings. The maximum Gasteiger partial charge on any atom is 0.303 e. The second kappa shape index (κ2) is 5.99. The molecule has 0 aromatic heterocycles. The van der Waals surface area contributed by atoms with Crippen molar-refractivity contribution in [2.75, 3.05) is 13.3 Å². The molecule has 1 aromatic carbocycles. The molecule has 7 nitrogen and oxygen atoms in total. The maximum absolute atomic E-state index is 11.9. The molecule has 5 rings (SSSR count). The number of esters is 2. The van der Waals surface area contributed by atoms with E-state index in [0.29, 0.717) is 5.75 Å².